The van der Waals surface area contributed by atoms with Gasteiger partial charge >= 0.3 is 6.03 Å². The zero-order chi connectivity index (χ0) is 25.4. The van der Waals surface area contributed by atoms with Crippen molar-refractivity contribution in [2.75, 3.05) is 30.7 Å². The molecular weight excluding hydrogens is 462 g/mol. The van der Waals surface area contributed by atoms with Gasteiger partial charge in [-0.2, -0.15) is 0 Å². The molecule has 8 nitrogen and oxygen atoms in total. The van der Waals surface area contributed by atoms with Crippen LogP contribution in [0.1, 0.15) is 31.4 Å². The summed E-state index contributed by atoms with van der Waals surface area (Å²) < 4.78 is 1.64. The molecule has 0 fully saturated rings. The van der Waals surface area contributed by atoms with Crippen LogP contribution in [0.25, 0.3) is 10.9 Å². The second-order valence-corrected chi connectivity index (χ2v) is 9.23. The summed E-state index contributed by atoms with van der Waals surface area (Å²) >= 11 is 1.15. The third kappa shape index (κ3) is 6.93. The van der Waals surface area contributed by atoms with Gasteiger partial charge in [0.2, 0.25) is 5.91 Å². The fraction of sp³-hybridized carbons (Fsp3) is 0.385. The molecule has 0 bridgehead atoms. The number of aromatic nitrogens is 2. The summed E-state index contributed by atoms with van der Waals surface area (Å²) in [6.45, 7) is 11.4. The van der Waals surface area contributed by atoms with Crippen molar-refractivity contribution in [2.24, 2.45) is 0 Å². The smallest absolute Gasteiger partial charge is 0.307 e. The number of urea groups is 1. The van der Waals surface area contributed by atoms with Gasteiger partial charge in [0.25, 0.3) is 5.56 Å². The first-order valence-electron chi connectivity index (χ1n) is 11.9. The molecule has 1 aromatic heterocycles. The van der Waals surface area contributed by atoms with Crippen molar-refractivity contribution >= 4 is 40.3 Å². The van der Waals surface area contributed by atoms with E-state index in [0.29, 0.717) is 28.3 Å². The quantitative estimate of drug-likeness (QED) is 0.324. The van der Waals surface area contributed by atoms with Gasteiger partial charge in [-0.3, -0.25) is 19.5 Å². The molecule has 0 aliphatic rings. The summed E-state index contributed by atoms with van der Waals surface area (Å²) in [7, 11) is 0. The molecule has 9 heteroatoms. The highest BCUT2D eigenvalue weighted by molar-refractivity contribution is 7.99. The van der Waals surface area contributed by atoms with Crippen molar-refractivity contribution in [1.82, 2.24) is 19.8 Å². The fourth-order valence-electron chi connectivity index (χ4n) is 3.78. The van der Waals surface area contributed by atoms with E-state index in [9.17, 15) is 14.4 Å². The maximum absolute atomic E-state index is 13.2. The number of thioether (sulfide) groups is 1. The minimum Gasteiger partial charge on any atom is -0.307 e. The van der Waals surface area contributed by atoms with Crippen LogP contribution in [-0.4, -0.2) is 51.8 Å². The van der Waals surface area contributed by atoms with E-state index < -0.39 is 11.9 Å². The Bertz CT molecular complexity index is 1250. The molecule has 3 aromatic rings. The summed E-state index contributed by atoms with van der Waals surface area (Å²) in [5.74, 6) is -0.504. The molecule has 2 N–H and O–H groups in total. The van der Waals surface area contributed by atoms with E-state index in [1.807, 2.05) is 38.1 Å². The molecule has 0 spiro atoms. The number of benzene rings is 2. The molecular formula is C26H33N5O3S. The number of hydrogen-bond acceptors (Lipinski definition) is 6. The fourth-order valence-corrected chi connectivity index (χ4v) is 4.61. The van der Waals surface area contributed by atoms with Gasteiger partial charge in [0.15, 0.2) is 5.16 Å². The zero-order valence-corrected chi connectivity index (χ0v) is 21.6. The number of aryl methyl sites for hydroxylation is 1. The van der Waals surface area contributed by atoms with E-state index >= 15 is 0 Å². The monoisotopic (exact) mass is 495 g/mol. The molecule has 0 saturated heterocycles. The molecule has 3 rings (SSSR count). The highest BCUT2D eigenvalue weighted by Crippen LogP contribution is 2.19. The number of nitrogens with one attached hydrogen (secondary N) is 2. The topological polar surface area (TPSA) is 96.3 Å². The molecule has 0 aliphatic carbocycles. The van der Waals surface area contributed by atoms with Gasteiger partial charge in [0.1, 0.15) is 0 Å². The van der Waals surface area contributed by atoms with E-state index in [-0.39, 0.29) is 11.3 Å². The molecule has 0 saturated carbocycles. The lowest BCUT2D eigenvalue weighted by Gasteiger charge is -2.19. The first kappa shape index (κ1) is 26.4. The number of fused-ring (bicyclic) bond motifs is 1. The van der Waals surface area contributed by atoms with Crippen molar-refractivity contribution in [3.63, 3.8) is 0 Å². The Morgan fingerprint density at radius 1 is 1.06 bits per heavy atom. The summed E-state index contributed by atoms with van der Waals surface area (Å²) in [4.78, 5) is 44.9. The minimum atomic E-state index is -0.590. The van der Waals surface area contributed by atoms with E-state index in [0.717, 1.165) is 48.9 Å². The molecule has 2 aromatic carbocycles. The molecule has 0 unspecified atom stereocenters. The molecule has 0 radical (unpaired) electrons. The average molecular weight is 496 g/mol. The Hall–Kier alpha value is -3.17. The van der Waals surface area contributed by atoms with E-state index in [4.69, 9.17) is 0 Å². The Kier molecular flexibility index (Phi) is 9.45. The molecule has 1 heterocycles. The summed E-state index contributed by atoms with van der Waals surface area (Å²) in [5.41, 5.74) is 3.12. The van der Waals surface area contributed by atoms with Crippen molar-refractivity contribution in [3.8, 4) is 0 Å². The van der Waals surface area contributed by atoms with Crippen LogP contribution in [0.15, 0.2) is 52.4 Å². The average Bonchev–Trinajstić information content (AvgIpc) is 2.84. The Labute approximate surface area is 210 Å². The first-order chi connectivity index (χ1) is 16.8. The van der Waals surface area contributed by atoms with Gasteiger partial charge in [-0.15, -0.1) is 0 Å². The summed E-state index contributed by atoms with van der Waals surface area (Å²) in [6, 6.07) is 12.2. The molecule has 35 heavy (non-hydrogen) atoms. The number of carbonyl (C=O) groups is 2. The van der Waals surface area contributed by atoms with Gasteiger partial charge < -0.3 is 10.2 Å². The van der Waals surface area contributed by atoms with Crippen LogP contribution >= 0.6 is 11.8 Å². The number of carbonyl (C=O) groups excluding carboxylic acids is 2. The maximum Gasteiger partial charge on any atom is 0.325 e. The van der Waals surface area contributed by atoms with Crippen LogP contribution in [-0.2, 0) is 11.3 Å². The predicted molar refractivity (Wildman–Crippen MR) is 142 cm³/mol. The molecule has 3 amide bonds. The first-order valence-corrected chi connectivity index (χ1v) is 12.8. The van der Waals surface area contributed by atoms with Gasteiger partial charge in [0, 0.05) is 12.2 Å². The van der Waals surface area contributed by atoms with Gasteiger partial charge in [-0.05, 0) is 69.2 Å². The lowest BCUT2D eigenvalue weighted by Crippen LogP contribution is -2.36. The van der Waals surface area contributed by atoms with Crippen LogP contribution < -0.4 is 16.2 Å². The van der Waals surface area contributed by atoms with Crippen molar-refractivity contribution in [3.05, 3.63) is 63.9 Å². The minimum absolute atomic E-state index is 0.0406. The lowest BCUT2D eigenvalue weighted by molar-refractivity contribution is -0.117. The number of para-hydroxylation sites is 1. The SMILES string of the molecule is CCN(CC)CCCn1c(SCC(=O)NC(=O)Nc2cccc(C)c2C)nc2ccccc2c1=O. The zero-order valence-electron chi connectivity index (χ0n) is 20.8. The van der Waals surface area contributed by atoms with Crippen LogP contribution in [0, 0.1) is 13.8 Å². The number of nitrogens with zero attached hydrogens (tertiary/aromatic N) is 3. The van der Waals surface area contributed by atoms with Crippen molar-refractivity contribution < 1.29 is 9.59 Å². The van der Waals surface area contributed by atoms with E-state index in [1.54, 1.807) is 22.8 Å². The molecule has 186 valence electrons. The van der Waals surface area contributed by atoms with Crippen molar-refractivity contribution in [2.45, 2.75) is 45.8 Å². The standard InChI is InChI=1S/C26H33N5O3S/c1-5-30(6-2)15-10-16-31-24(33)20-12-7-8-13-22(20)28-26(31)35-17-23(32)29-25(34)27-21-14-9-11-18(3)19(21)4/h7-9,11-14H,5-6,10,15-17H2,1-4H3,(H2,27,29,32,34). The van der Waals surface area contributed by atoms with Crippen molar-refractivity contribution in [1.29, 1.82) is 0 Å². The number of rotatable bonds is 10. The number of amides is 3. The number of hydrogen-bond donors (Lipinski definition) is 2. The van der Waals surface area contributed by atoms with Crippen LogP contribution in [0.5, 0.6) is 0 Å². The lowest BCUT2D eigenvalue weighted by atomic mass is 10.1. The second-order valence-electron chi connectivity index (χ2n) is 8.29. The van der Waals surface area contributed by atoms with Gasteiger partial charge in [-0.25, -0.2) is 9.78 Å². The maximum atomic E-state index is 13.2. The normalized spacial score (nSPS) is 11.1. The Morgan fingerprint density at radius 2 is 1.80 bits per heavy atom. The Morgan fingerprint density at radius 3 is 2.54 bits per heavy atom. The predicted octanol–water partition coefficient (Wildman–Crippen LogP) is 4.19. The second kappa shape index (κ2) is 12.5. The van der Waals surface area contributed by atoms with Crippen LogP contribution in [0.3, 0.4) is 0 Å². The van der Waals surface area contributed by atoms with Gasteiger partial charge in [0.05, 0.1) is 16.7 Å². The Balaban J connectivity index is 1.69. The largest absolute Gasteiger partial charge is 0.325 e. The van der Waals surface area contributed by atoms with Crippen LogP contribution in [0.2, 0.25) is 0 Å². The summed E-state index contributed by atoms with van der Waals surface area (Å²) in [5, 5.41) is 6.10. The highest BCUT2D eigenvalue weighted by atomic mass is 32.2. The molecule has 0 aliphatic heterocycles. The van der Waals surface area contributed by atoms with E-state index in [1.165, 1.54) is 0 Å². The summed E-state index contributed by atoms with van der Waals surface area (Å²) in [6.07, 6.45) is 0.791. The number of imide groups is 1. The van der Waals surface area contributed by atoms with E-state index in [2.05, 4.69) is 34.4 Å². The molecule has 0 atom stereocenters. The third-order valence-electron chi connectivity index (χ3n) is 6.02. The highest BCUT2D eigenvalue weighted by Gasteiger charge is 2.15. The third-order valence-corrected chi connectivity index (χ3v) is 6.99. The number of anilines is 1. The van der Waals surface area contributed by atoms with Gasteiger partial charge in [-0.1, -0.05) is 49.9 Å². The van der Waals surface area contributed by atoms with Crippen LogP contribution in [0.4, 0.5) is 10.5 Å².